The van der Waals surface area contributed by atoms with Crippen LogP contribution in [-0.4, -0.2) is 23.5 Å². The normalized spacial score (nSPS) is 14.6. The van der Waals surface area contributed by atoms with Gasteiger partial charge in [-0.15, -0.1) is 0 Å². The third-order valence-corrected chi connectivity index (χ3v) is 4.81. The second kappa shape index (κ2) is 8.93. The maximum Gasteiger partial charge on any atom is 0.260 e. The van der Waals surface area contributed by atoms with Crippen LogP contribution in [0.4, 0.5) is 0 Å². The molecule has 3 rings (SSSR count). The molecular weight excluding hydrogens is 424 g/mol. The molecule has 6 nitrogen and oxygen atoms in total. The maximum absolute atomic E-state index is 12.2. The Balaban J connectivity index is 1.72. The lowest BCUT2D eigenvalue weighted by molar-refractivity contribution is -0.114. The first kappa shape index (κ1) is 19.9. The molecule has 0 saturated heterocycles. The van der Waals surface area contributed by atoms with Crippen LogP contribution in [0, 0.1) is 0 Å². The number of phenols is 1. The van der Waals surface area contributed by atoms with Crippen molar-refractivity contribution in [1.82, 2.24) is 10.6 Å². The van der Waals surface area contributed by atoms with Crippen molar-refractivity contribution in [1.29, 1.82) is 0 Å². The molecule has 0 saturated carbocycles. The van der Waals surface area contributed by atoms with E-state index in [1.165, 1.54) is 0 Å². The number of halogens is 1. The van der Waals surface area contributed by atoms with Crippen LogP contribution in [0.25, 0.3) is 5.57 Å². The molecule has 1 aliphatic rings. The number of imide groups is 1. The highest BCUT2D eigenvalue weighted by atomic mass is 79.9. The number of rotatable bonds is 7. The summed E-state index contributed by atoms with van der Waals surface area (Å²) in [6.07, 6.45) is 3.53. The van der Waals surface area contributed by atoms with Gasteiger partial charge in [-0.2, -0.15) is 0 Å². The van der Waals surface area contributed by atoms with Crippen LogP contribution in [-0.2, 0) is 11.3 Å². The van der Waals surface area contributed by atoms with Crippen molar-refractivity contribution in [2.75, 3.05) is 6.61 Å². The molecule has 0 unspecified atom stereocenters. The van der Waals surface area contributed by atoms with Gasteiger partial charge in [0.15, 0.2) is 11.5 Å². The zero-order valence-corrected chi connectivity index (χ0v) is 17.0. The Labute approximate surface area is 171 Å². The number of hydrogen-bond donors (Lipinski definition) is 3. The number of fused-ring (bicyclic) bond motifs is 1. The first-order valence-corrected chi connectivity index (χ1v) is 9.82. The fourth-order valence-electron chi connectivity index (χ4n) is 2.83. The predicted octanol–water partition coefficient (Wildman–Crippen LogP) is 3.73. The van der Waals surface area contributed by atoms with Gasteiger partial charge in [-0.05, 0) is 42.3 Å². The fraction of sp³-hybridized carbons (Fsp3) is 0.238. The van der Waals surface area contributed by atoms with Gasteiger partial charge in [-0.25, -0.2) is 0 Å². The molecule has 0 bridgehead atoms. The van der Waals surface area contributed by atoms with Gasteiger partial charge in [0.2, 0.25) is 0 Å². The number of benzene rings is 2. The summed E-state index contributed by atoms with van der Waals surface area (Å²) in [5, 5.41) is 15.5. The topological polar surface area (TPSA) is 87.7 Å². The second-order valence-corrected chi connectivity index (χ2v) is 7.33. The van der Waals surface area contributed by atoms with Crippen LogP contribution in [0.2, 0.25) is 0 Å². The van der Waals surface area contributed by atoms with Crippen molar-refractivity contribution in [2.45, 2.75) is 26.3 Å². The molecule has 2 amide bonds. The molecule has 2 aromatic carbocycles. The summed E-state index contributed by atoms with van der Waals surface area (Å²) >= 11 is 3.37. The van der Waals surface area contributed by atoms with Gasteiger partial charge < -0.3 is 15.2 Å². The van der Waals surface area contributed by atoms with E-state index in [-0.39, 0.29) is 5.75 Å². The average molecular weight is 445 g/mol. The summed E-state index contributed by atoms with van der Waals surface area (Å²) in [4.78, 5) is 24.2. The number of carbonyl (C=O) groups is 2. The molecule has 3 N–H and O–H groups in total. The highest BCUT2D eigenvalue weighted by molar-refractivity contribution is 9.10. The summed E-state index contributed by atoms with van der Waals surface area (Å²) in [7, 11) is 0. The van der Waals surface area contributed by atoms with Crippen LogP contribution in [0.5, 0.6) is 11.5 Å². The Bertz CT molecular complexity index is 940. The van der Waals surface area contributed by atoms with E-state index >= 15 is 0 Å². The van der Waals surface area contributed by atoms with Crippen molar-refractivity contribution in [2.24, 2.45) is 0 Å². The van der Waals surface area contributed by atoms with Crippen molar-refractivity contribution < 1.29 is 19.4 Å². The van der Waals surface area contributed by atoms with Crippen LogP contribution < -0.4 is 15.4 Å². The van der Waals surface area contributed by atoms with Gasteiger partial charge in [0, 0.05) is 28.3 Å². The third kappa shape index (κ3) is 4.54. The van der Waals surface area contributed by atoms with Crippen LogP contribution >= 0.6 is 15.9 Å². The van der Waals surface area contributed by atoms with E-state index in [1.54, 1.807) is 36.5 Å². The summed E-state index contributed by atoms with van der Waals surface area (Å²) in [5.74, 6) is -0.323. The average Bonchev–Trinajstić information content (AvgIpc) is 2.66. The molecule has 0 aliphatic carbocycles. The molecule has 0 aromatic heterocycles. The molecule has 0 radical (unpaired) electrons. The number of hydrogen-bond acceptors (Lipinski definition) is 5. The van der Waals surface area contributed by atoms with Gasteiger partial charge in [-0.3, -0.25) is 14.9 Å². The van der Waals surface area contributed by atoms with E-state index in [9.17, 15) is 14.7 Å². The summed E-state index contributed by atoms with van der Waals surface area (Å²) in [5.41, 5.74) is 2.22. The maximum atomic E-state index is 12.2. The molecule has 1 aliphatic heterocycles. The standard InChI is InChI=1S/C21H21BrN2O4/c1-2-3-8-28-19-7-4-13(9-18(19)25)11-23-12-17-16-10-14(22)5-6-15(16)20(26)24-21(17)27/h4-7,9-10,12,23,25H,2-3,8,11H2,1H3,(H,24,26,27)/b17-12-. The van der Waals surface area contributed by atoms with Crippen LogP contribution in [0.3, 0.4) is 0 Å². The number of phenolic OH excluding ortho intramolecular Hbond substituents is 1. The third-order valence-electron chi connectivity index (χ3n) is 4.32. The Kier molecular flexibility index (Phi) is 6.36. The molecule has 0 atom stereocenters. The molecule has 28 heavy (non-hydrogen) atoms. The lowest BCUT2D eigenvalue weighted by atomic mass is 9.95. The van der Waals surface area contributed by atoms with Crippen molar-refractivity contribution in [3.8, 4) is 11.5 Å². The van der Waals surface area contributed by atoms with Gasteiger partial charge in [-0.1, -0.05) is 35.3 Å². The minimum Gasteiger partial charge on any atom is -0.504 e. The zero-order chi connectivity index (χ0) is 20.1. The summed E-state index contributed by atoms with van der Waals surface area (Å²) in [6.45, 7) is 3.04. The van der Waals surface area contributed by atoms with Gasteiger partial charge in [0.05, 0.1) is 12.2 Å². The number of amides is 2. The van der Waals surface area contributed by atoms with E-state index in [0.717, 1.165) is 22.9 Å². The number of ether oxygens (including phenoxy) is 1. The van der Waals surface area contributed by atoms with Gasteiger partial charge in [0.25, 0.3) is 11.8 Å². The number of carbonyl (C=O) groups excluding carboxylic acids is 2. The largest absolute Gasteiger partial charge is 0.504 e. The molecule has 7 heteroatoms. The monoisotopic (exact) mass is 444 g/mol. The molecule has 1 heterocycles. The van der Waals surface area contributed by atoms with Gasteiger partial charge in [0.1, 0.15) is 0 Å². The van der Waals surface area contributed by atoms with E-state index in [1.807, 2.05) is 6.07 Å². The highest BCUT2D eigenvalue weighted by Gasteiger charge is 2.27. The smallest absolute Gasteiger partial charge is 0.260 e. The van der Waals surface area contributed by atoms with Gasteiger partial charge >= 0.3 is 0 Å². The minimum absolute atomic E-state index is 0.0818. The van der Waals surface area contributed by atoms with Crippen LogP contribution in [0.15, 0.2) is 47.1 Å². The molecule has 0 spiro atoms. The summed E-state index contributed by atoms with van der Waals surface area (Å²) in [6, 6.07) is 10.4. The lowest BCUT2D eigenvalue weighted by Crippen LogP contribution is -2.37. The van der Waals surface area contributed by atoms with Crippen molar-refractivity contribution in [3.05, 3.63) is 63.8 Å². The molecule has 0 fully saturated rings. The number of aromatic hydroxyl groups is 1. The van der Waals surface area contributed by atoms with E-state index < -0.39 is 11.8 Å². The first-order chi connectivity index (χ1) is 13.5. The lowest BCUT2D eigenvalue weighted by Gasteiger charge is -2.18. The van der Waals surface area contributed by atoms with Crippen molar-refractivity contribution in [3.63, 3.8) is 0 Å². The molecular formula is C21H21BrN2O4. The van der Waals surface area contributed by atoms with Crippen LogP contribution in [0.1, 0.15) is 41.3 Å². The fourth-order valence-corrected chi connectivity index (χ4v) is 3.19. The van der Waals surface area contributed by atoms with E-state index in [2.05, 4.69) is 33.5 Å². The number of unbranched alkanes of at least 4 members (excludes halogenated alkanes) is 1. The molecule has 146 valence electrons. The minimum atomic E-state index is -0.453. The SMILES string of the molecule is CCCCOc1ccc(CN/C=C2\C(=O)NC(=O)c3ccc(Br)cc32)cc1O. The van der Waals surface area contributed by atoms with E-state index in [0.29, 0.717) is 35.6 Å². The zero-order valence-electron chi connectivity index (χ0n) is 15.4. The van der Waals surface area contributed by atoms with E-state index in [4.69, 9.17) is 4.74 Å². The Hall–Kier alpha value is -2.80. The Morgan fingerprint density at radius 1 is 1.14 bits per heavy atom. The summed E-state index contributed by atoms with van der Waals surface area (Å²) < 4.78 is 6.32. The Morgan fingerprint density at radius 2 is 1.96 bits per heavy atom. The predicted molar refractivity (Wildman–Crippen MR) is 110 cm³/mol. The quantitative estimate of drug-likeness (QED) is 0.344. The molecule has 2 aromatic rings. The first-order valence-electron chi connectivity index (χ1n) is 9.03. The highest BCUT2D eigenvalue weighted by Crippen LogP contribution is 2.28. The Morgan fingerprint density at radius 3 is 2.71 bits per heavy atom. The van der Waals surface area contributed by atoms with Crippen molar-refractivity contribution >= 4 is 33.3 Å². The second-order valence-electron chi connectivity index (χ2n) is 6.42. The number of nitrogens with one attached hydrogen (secondary N) is 2.